The van der Waals surface area contributed by atoms with Crippen LogP contribution in [0.1, 0.15) is 28.9 Å². The van der Waals surface area contributed by atoms with E-state index in [-0.39, 0.29) is 35.4 Å². The Morgan fingerprint density at radius 2 is 1.96 bits per heavy atom. The van der Waals surface area contributed by atoms with E-state index in [0.717, 1.165) is 23.3 Å². The number of sulfone groups is 1. The summed E-state index contributed by atoms with van der Waals surface area (Å²) >= 11 is 1.34. The highest BCUT2D eigenvalue weighted by Crippen LogP contribution is 2.31. The number of nitrogens with zero attached hydrogens (tertiary/aromatic N) is 1. The van der Waals surface area contributed by atoms with Gasteiger partial charge in [-0.15, -0.1) is 11.3 Å². The molecule has 150 valence electrons. The highest BCUT2D eigenvalue weighted by Gasteiger charge is 2.37. The van der Waals surface area contributed by atoms with Crippen molar-refractivity contribution in [1.29, 1.82) is 0 Å². The van der Waals surface area contributed by atoms with Gasteiger partial charge in [0.25, 0.3) is 5.91 Å². The summed E-state index contributed by atoms with van der Waals surface area (Å²) in [6.45, 7) is 1.10. The van der Waals surface area contributed by atoms with Gasteiger partial charge in [0.05, 0.1) is 22.5 Å². The fourth-order valence-corrected chi connectivity index (χ4v) is 6.49. The van der Waals surface area contributed by atoms with Crippen LogP contribution in [0.4, 0.5) is 4.39 Å². The summed E-state index contributed by atoms with van der Waals surface area (Å²) in [7, 11) is -3.10. The van der Waals surface area contributed by atoms with Gasteiger partial charge in [-0.3, -0.25) is 4.79 Å². The maximum atomic E-state index is 13.3. The zero-order chi connectivity index (χ0) is 19.7. The van der Waals surface area contributed by atoms with Crippen molar-refractivity contribution < 1.29 is 22.3 Å². The second-order valence-corrected chi connectivity index (χ2v) is 10.6. The van der Waals surface area contributed by atoms with E-state index >= 15 is 0 Å². The maximum absolute atomic E-state index is 13.3. The third kappa shape index (κ3) is 4.29. The average Bonchev–Trinajstić information content (AvgIpc) is 3.40. The molecule has 0 bridgehead atoms. The third-order valence-corrected chi connectivity index (χ3v) is 8.15. The van der Waals surface area contributed by atoms with Crippen molar-refractivity contribution in [3.8, 4) is 10.4 Å². The molecule has 0 aliphatic carbocycles. The Kier molecular flexibility index (Phi) is 5.53. The number of carbonyl (C=O) groups excluding carboxylic acids is 1. The van der Waals surface area contributed by atoms with Gasteiger partial charge in [-0.2, -0.15) is 0 Å². The first-order valence-corrected chi connectivity index (χ1v) is 12.0. The van der Waals surface area contributed by atoms with Crippen LogP contribution in [0.15, 0.2) is 36.4 Å². The van der Waals surface area contributed by atoms with Crippen molar-refractivity contribution in [2.24, 2.45) is 0 Å². The highest BCUT2D eigenvalue weighted by atomic mass is 32.2. The molecule has 2 aromatic rings. The Hall–Kier alpha value is -1.77. The SMILES string of the molecule is O=C(c1ccc(-c2ccc(F)cc2)s1)N(C[C@@H]1CCCO1)[C@H]1CCS(=O)(=O)C1. The summed E-state index contributed by atoms with van der Waals surface area (Å²) in [5.74, 6) is -0.322. The molecule has 0 unspecified atom stereocenters. The first-order chi connectivity index (χ1) is 13.4. The van der Waals surface area contributed by atoms with Gasteiger partial charge in [0.1, 0.15) is 5.82 Å². The number of thiophene rings is 1. The molecule has 2 saturated heterocycles. The molecule has 0 radical (unpaired) electrons. The monoisotopic (exact) mass is 423 g/mol. The number of hydrogen-bond acceptors (Lipinski definition) is 5. The minimum Gasteiger partial charge on any atom is -0.376 e. The lowest BCUT2D eigenvalue weighted by atomic mass is 10.1. The molecule has 1 amide bonds. The zero-order valence-electron chi connectivity index (χ0n) is 15.3. The van der Waals surface area contributed by atoms with E-state index in [0.29, 0.717) is 24.4 Å². The molecule has 0 spiro atoms. The lowest BCUT2D eigenvalue weighted by Crippen LogP contribution is -2.45. The van der Waals surface area contributed by atoms with E-state index in [1.807, 2.05) is 6.07 Å². The van der Waals surface area contributed by atoms with Gasteiger partial charge in [0.15, 0.2) is 9.84 Å². The van der Waals surface area contributed by atoms with Crippen molar-refractivity contribution in [3.63, 3.8) is 0 Å². The molecule has 2 aliphatic heterocycles. The predicted octanol–water partition coefficient (Wildman–Crippen LogP) is 3.36. The largest absolute Gasteiger partial charge is 0.376 e. The number of carbonyl (C=O) groups is 1. The molecular weight excluding hydrogens is 401 g/mol. The van der Waals surface area contributed by atoms with E-state index in [2.05, 4.69) is 0 Å². The minimum absolute atomic E-state index is 0.0155. The second-order valence-electron chi connectivity index (χ2n) is 7.32. The Morgan fingerprint density at radius 1 is 1.18 bits per heavy atom. The van der Waals surface area contributed by atoms with Gasteiger partial charge in [-0.05, 0) is 49.1 Å². The lowest BCUT2D eigenvalue weighted by Gasteiger charge is -2.30. The smallest absolute Gasteiger partial charge is 0.264 e. The zero-order valence-corrected chi connectivity index (χ0v) is 17.0. The van der Waals surface area contributed by atoms with Crippen molar-refractivity contribution in [2.75, 3.05) is 24.7 Å². The summed E-state index contributed by atoms with van der Waals surface area (Å²) in [5, 5.41) is 0. The van der Waals surface area contributed by atoms with Gasteiger partial charge in [-0.1, -0.05) is 12.1 Å². The number of ether oxygens (including phenoxy) is 1. The Labute approximate surface area is 168 Å². The van der Waals surface area contributed by atoms with Gasteiger partial charge in [0.2, 0.25) is 0 Å². The van der Waals surface area contributed by atoms with Crippen LogP contribution < -0.4 is 0 Å². The van der Waals surface area contributed by atoms with E-state index < -0.39 is 9.84 Å². The fraction of sp³-hybridized carbons (Fsp3) is 0.450. The standard InChI is InChI=1S/C20H22FNO4S2/c21-15-5-3-14(4-6-15)18-7-8-19(27-18)20(23)22(12-17-2-1-10-26-17)16-9-11-28(24,25)13-16/h3-8,16-17H,1-2,9-13H2/t16-,17-/m0/s1. The molecule has 4 rings (SSSR count). The number of rotatable bonds is 5. The maximum Gasteiger partial charge on any atom is 0.264 e. The van der Waals surface area contributed by atoms with Crippen LogP contribution in [0.3, 0.4) is 0 Å². The number of halogens is 1. The van der Waals surface area contributed by atoms with Gasteiger partial charge in [0, 0.05) is 24.1 Å². The molecule has 3 heterocycles. The van der Waals surface area contributed by atoms with Gasteiger partial charge in [-0.25, -0.2) is 12.8 Å². The summed E-state index contributed by atoms with van der Waals surface area (Å²) in [6, 6.07) is 9.45. The van der Waals surface area contributed by atoms with Gasteiger partial charge >= 0.3 is 0 Å². The van der Waals surface area contributed by atoms with Crippen LogP contribution in [0.2, 0.25) is 0 Å². The molecule has 8 heteroatoms. The molecule has 28 heavy (non-hydrogen) atoms. The molecule has 1 aromatic carbocycles. The fourth-order valence-electron chi connectivity index (χ4n) is 3.79. The van der Waals surface area contributed by atoms with E-state index in [1.165, 1.54) is 23.5 Å². The van der Waals surface area contributed by atoms with Crippen LogP contribution >= 0.6 is 11.3 Å². The molecule has 2 atom stereocenters. The summed E-state index contributed by atoms with van der Waals surface area (Å²) in [5.41, 5.74) is 0.847. The van der Waals surface area contributed by atoms with Crippen molar-refractivity contribution in [2.45, 2.75) is 31.4 Å². The quantitative estimate of drug-likeness (QED) is 0.740. The Bertz CT molecular complexity index is 949. The second kappa shape index (κ2) is 7.93. The highest BCUT2D eigenvalue weighted by molar-refractivity contribution is 7.91. The molecular formula is C20H22FNO4S2. The summed E-state index contributed by atoms with van der Waals surface area (Å²) in [6.07, 6.45) is 2.28. The number of benzene rings is 1. The van der Waals surface area contributed by atoms with Crippen LogP contribution in [-0.2, 0) is 14.6 Å². The molecule has 0 saturated carbocycles. The molecule has 0 N–H and O–H groups in total. The van der Waals surface area contributed by atoms with Crippen LogP contribution in [-0.4, -0.2) is 56.0 Å². The number of hydrogen-bond donors (Lipinski definition) is 0. The predicted molar refractivity (Wildman–Crippen MR) is 107 cm³/mol. The Balaban J connectivity index is 1.57. The van der Waals surface area contributed by atoms with Crippen molar-refractivity contribution in [3.05, 3.63) is 47.1 Å². The summed E-state index contributed by atoms with van der Waals surface area (Å²) < 4.78 is 42.8. The first kappa shape index (κ1) is 19.5. The lowest BCUT2D eigenvalue weighted by molar-refractivity contribution is 0.0445. The molecule has 2 aliphatic rings. The number of amides is 1. The van der Waals surface area contributed by atoms with Crippen molar-refractivity contribution in [1.82, 2.24) is 4.90 Å². The van der Waals surface area contributed by atoms with E-state index in [9.17, 15) is 17.6 Å². The summed E-state index contributed by atoms with van der Waals surface area (Å²) in [4.78, 5) is 16.4. The normalized spacial score (nSPS) is 23.8. The van der Waals surface area contributed by atoms with Crippen molar-refractivity contribution >= 4 is 27.1 Å². The third-order valence-electron chi connectivity index (χ3n) is 5.28. The molecule has 2 fully saturated rings. The van der Waals surface area contributed by atoms with Crippen LogP contribution in [0.25, 0.3) is 10.4 Å². The van der Waals surface area contributed by atoms with E-state index in [4.69, 9.17) is 4.74 Å². The van der Waals surface area contributed by atoms with Crippen LogP contribution in [0, 0.1) is 5.82 Å². The van der Waals surface area contributed by atoms with E-state index in [1.54, 1.807) is 23.1 Å². The minimum atomic E-state index is -3.10. The average molecular weight is 424 g/mol. The molecule has 5 nitrogen and oxygen atoms in total. The Morgan fingerprint density at radius 3 is 2.61 bits per heavy atom. The first-order valence-electron chi connectivity index (χ1n) is 9.40. The van der Waals surface area contributed by atoms with Gasteiger partial charge < -0.3 is 9.64 Å². The van der Waals surface area contributed by atoms with Crippen LogP contribution in [0.5, 0.6) is 0 Å². The molecule has 1 aromatic heterocycles. The topological polar surface area (TPSA) is 63.7 Å².